The Morgan fingerprint density at radius 2 is 2.00 bits per heavy atom. The molecular weight excluding hydrogens is 354 g/mol. The fourth-order valence-electron chi connectivity index (χ4n) is 2.20. The van der Waals surface area contributed by atoms with Crippen LogP contribution < -0.4 is 4.74 Å². The Hall–Kier alpha value is -1.86. The molecule has 2 aromatic heterocycles. The largest absolute Gasteiger partial charge is 0.497 e. The molecule has 5 nitrogen and oxygen atoms in total. The molecule has 0 saturated heterocycles. The predicted molar refractivity (Wildman–Crippen MR) is 101 cm³/mol. The summed E-state index contributed by atoms with van der Waals surface area (Å²) in [5, 5.41) is 12.1. The van der Waals surface area contributed by atoms with Crippen molar-refractivity contribution in [2.45, 2.75) is 37.7 Å². The van der Waals surface area contributed by atoms with E-state index in [-0.39, 0.29) is 0 Å². The van der Waals surface area contributed by atoms with Gasteiger partial charge >= 0.3 is 0 Å². The minimum atomic E-state index is 0.515. The Kier molecular flexibility index (Phi) is 6.09. The zero-order valence-corrected chi connectivity index (χ0v) is 16.2. The fourth-order valence-corrected chi connectivity index (χ4v) is 3.77. The molecule has 0 aliphatic heterocycles. The maximum Gasteiger partial charge on any atom is 0.277 e. The second-order valence-electron chi connectivity index (χ2n) is 6.06. The summed E-state index contributed by atoms with van der Waals surface area (Å²) < 4.78 is 10.9. The molecule has 0 amide bonds. The number of rotatable bonds is 8. The molecular formula is C18H21N3O2S2. The van der Waals surface area contributed by atoms with Gasteiger partial charge in [0, 0.05) is 16.7 Å². The van der Waals surface area contributed by atoms with E-state index in [4.69, 9.17) is 9.15 Å². The van der Waals surface area contributed by atoms with Gasteiger partial charge in [-0.3, -0.25) is 0 Å². The van der Waals surface area contributed by atoms with Crippen molar-refractivity contribution in [2.75, 3.05) is 7.11 Å². The Bertz CT molecular complexity index is 797. The van der Waals surface area contributed by atoms with Crippen LogP contribution in [-0.4, -0.2) is 22.3 Å². The van der Waals surface area contributed by atoms with Gasteiger partial charge < -0.3 is 9.15 Å². The third-order valence-electron chi connectivity index (χ3n) is 3.62. The van der Waals surface area contributed by atoms with Crippen molar-refractivity contribution in [1.29, 1.82) is 0 Å². The number of nitrogens with zero attached hydrogens (tertiary/aromatic N) is 3. The molecule has 0 unspecified atom stereocenters. The van der Waals surface area contributed by atoms with Crippen LogP contribution in [-0.2, 0) is 12.2 Å². The molecule has 25 heavy (non-hydrogen) atoms. The zero-order chi connectivity index (χ0) is 17.6. The van der Waals surface area contributed by atoms with Crippen LogP contribution in [0.25, 0.3) is 11.5 Å². The highest BCUT2D eigenvalue weighted by Crippen LogP contribution is 2.27. The van der Waals surface area contributed by atoms with Crippen molar-refractivity contribution >= 4 is 23.1 Å². The Labute approximate surface area is 155 Å². The molecule has 132 valence electrons. The number of aromatic nitrogens is 3. The summed E-state index contributed by atoms with van der Waals surface area (Å²) in [4.78, 5) is 4.68. The van der Waals surface area contributed by atoms with E-state index in [0.717, 1.165) is 29.2 Å². The molecule has 0 aliphatic carbocycles. The van der Waals surface area contributed by atoms with Gasteiger partial charge in [0.1, 0.15) is 5.75 Å². The fraction of sp³-hybridized carbons (Fsp3) is 0.389. The predicted octanol–water partition coefficient (Wildman–Crippen LogP) is 5.08. The van der Waals surface area contributed by atoms with E-state index < -0.39 is 0 Å². The van der Waals surface area contributed by atoms with Gasteiger partial charge in [-0.25, -0.2) is 4.98 Å². The zero-order valence-electron chi connectivity index (χ0n) is 14.6. The number of thioether (sulfide) groups is 1. The first-order chi connectivity index (χ1) is 12.1. The first kappa shape index (κ1) is 17.9. The lowest BCUT2D eigenvalue weighted by atomic mass is 10.1. The van der Waals surface area contributed by atoms with Crippen LogP contribution in [0.4, 0.5) is 0 Å². The van der Waals surface area contributed by atoms with Gasteiger partial charge in [-0.1, -0.05) is 25.6 Å². The van der Waals surface area contributed by atoms with Gasteiger partial charge in [-0.05, 0) is 43.0 Å². The normalized spacial score (nSPS) is 11.2. The molecule has 0 spiro atoms. The SMILES string of the molecule is COc1ccc(-c2nnc(SCc3csc(CCC(C)C)n3)o2)cc1. The topological polar surface area (TPSA) is 61.0 Å². The van der Waals surface area contributed by atoms with Gasteiger partial charge in [-0.15, -0.1) is 21.5 Å². The third kappa shape index (κ3) is 5.06. The number of aryl methyl sites for hydroxylation is 1. The molecule has 0 atom stereocenters. The highest BCUT2D eigenvalue weighted by atomic mass is 32.2. The van der Waals surface area contributed by atoms with E-state index in [9.17, 15) is 0 Å². The van der Waals surface area contributed by atoms with E-state index in [1.165, 1.54) is 23.2 Å². The maximum atomic E-state index is 5.73. The summed E-state index contributed by atoms with van der Waals surface area (Å²) in [6.07, 6.45) is 2.23. The van der Waals surface area contributed by atoms with Crippen molar-refractivity contribution in [3.05, 3.63) is 40.3 Å². The smallest absolute Gasteiger partial charge is 0.277 e. The number of thiazole rings is 1. The average Bonchev–Trinajstić information content (AvgIpc) is 3.27. The minimum absolute atomic E-state index is 0.515. The minimum Gasteiger partial charge on any atom is -0.497 e. The van der Waals surface area contributed by atoms with Gasteiger partial charge in [0.05, 0.1) is 17.8 Å². The Morgan fingerprint density at radius 1 is 1.20 bits per heavy atom. The summed E-state index contributed by atoms with van der Waals surface area (Å²) >= 11 is 3.24. The summed E-state index contributed by atoms with van der Waals surface area (Å²) in [6, 6.07) is 7.56. The lowest BCUT2D eigenvalue weighted by molar-refractivity contribution is 0.414. The molecule has 2 heterocycles. The van der Waals surface area contributed by atoms with Crippen LogP contribution >= 0.6 is 23.1 Å². The van der Waals surface area contributed by atoms with E-state index in [2.05, 4.69) is 34.4 Å². The van der Waals surface area contributed by atoms with Gasteiger partial charge in [0.2, 0.25) is 5.89 Å². The van der Waals surface area contributed by atoms with E-state index >= 15 is 0 Å². The molecule has 7 heteroatoms. The summed E-state index contributed by atoms with van der Waals surface area (Å²) in [7, 11) is 1.64. The highest BCUT2D eigenvalue weighted by Gasteiger charge is 2.11. The molecule has 3 aromatic rings. The number of hydrogen-bond donors (Lipinski definition) is 0. The summed E-state index contributed by atoms with van der Waals surface area (Å²) in [5.74, 6) is 2.76. The lowest BCUT2D eigenvalue weighted by Crippen LogP contribution is -1.92. The van der Waals surface area contributed by atoms with Crippen LogP contribution in [0.3, 0.4) is 0 Å². The van der Waals surface area contributed by atoms with Gasteiger partial charge in [0.25, 0.3) is 5.22 Å². The number of methoxy groups -OCH3 is 1. The van der Waals surface area contributed by atoms with Crippen LogP contribution in [0.2, 0.25) is 0 Å². The molecule has 0 N–H and O–H groups in total. The molecule has 0 saturated carbocycles. The van der Waals surface area contributed by atoms with Crippen molar-refractivity contribution in [1.82, 2.24) is 15.2 Å². The monoisotopic (exact) mass is 375 g/mol. The number of hydrogen-bond acceptors (Lipinski definition) is 7. The summed E-state index contributed by atoms with van der Waals surface area (Å²) in [5.41, 5.74) is 1.95. The molecule has 3 rings (SSSR count). The quantitative estimate of drug-likeness (QED) is 0.512. The number of benzene rings is 1. The van der Waals surface area contributed by atoms with E-state index in [1.54, 1.807) is 18.4 Å². The van der Waals surface area contributed by atoms with Crippen molar-refractivity contribution in [2.24, 2.45) is 5.92 Å². The Morgan fingerprint density at radius 3 is 2.72 bits per heavy atom. The standard InChI is InChI=1S/C18H21N3O2S2/c1-12(2)4-9-16-19-14(10-24-16)11-25-18-21-20-17(23-18)13-5-7-15(22-3)8-6-13/h5-8,10,12H,4,9,11H2,1-3H3. The molecule has 1 aromatic carbocycles. The van der Waals surface area contributed by atoms with Gasteiger partial charge in [-0.2, -0.15) is 0 Å². The molecule has 0 radical (unpaired) electrons. The first-order valence-corrected chi connectivity index (χ1v) is 10.0. The van der Waals surface area contributed by atoms with Crippen LogP contribution in [0.15, 0.2) is 39.3 Å². The molecule has 0 aliphatic rings. The average molecular weight is 376 g/mol. The van der Waals surface area contributed by atoms with Crippen LogP contribution in [0.1, 0.15) is 31.0 Å². The van der Waals surface area contributed by atoms with E-state index in [1.807, 2.05) is 24.3 Å². The van der Waals surface area contributed by atoms with Crippen LogP contribution in [0, 0.1) is 5.92 Å². The van der Waals surface area contributed by atoms with Crippen LogP contribution in [0.5, 0.6) is 5.75 Å². The number of ether oxygens (including phenoxy) is 1. The van der Waals surface area contributed by atoms with Crippen molar-refractivity contribution in [3.63, 3.8) is 0 Å². The maximum absolute atomic E-state index is 5.73. The van der Waals surface area contributed by atoms with E-state index in [0.29, 0.717) is 17.0 Å². The van der Waals surface area contributed by atoms with Crippen molar-refractivity contribution < 1.29 is 9.15 Å². The first-order valence-electron chi connectivity index (χ1n) is 8.18. The molecule has 0 bridgehead atoms. The highest BCUT2D eigenvalue weighted by molar-refractivity contribution is 7.98. The third-order valence-corrected chi connectivity index (χ3v) is 5.43. The van der Waals surface area contributed by atoms with Gasteiger partial charge in [0.15, 0.2) is 0 Å². The Balaban J connectivity index is 1.56. The molecule has 0 fully saturated rings. The lowest BCUT2D eigenvalue weighted by Gasteiger charge is -2.00. The second kappa shape index (κ2) is 8.49. The second-order valence-corrected chi connectivity index (χ2v) is 7.92. The summed E-state index contributed by atoms with van der Waals surface area (Å²) in [6.45, 7) is 4.47. The van der Waals surface area contributed by atoms with Crippen molar-refractivity contribution in [3.8, 4) is 17.2 Å².